The van der Waals surface area contributed by atoms with Crippen LogP contribution in [0.1, 0.15) is 30.2 Å². The molecule has 0 radical (unpaired) electrons. The van der Waals surface area contributed by atoms with Crippen LogP contribution in [-0.2, 0) is 6.18 Å². The summed E-state index contributed by atoms with van der Waals surface area (Å²) < 4.78 is 46.6. The maximum atomic E-state index is 13.3. The second-order valence-corrected chi connectivity index (χ2v) is 7.46. The Morgan fingerprint density at radius 1 is 1.23 bits per heavy atom. The number of carbonyl (C=O) groups is 1. The van der Waals surface area contributed by atoms with Gasteiger partial charge in [0, 0.05) is 38.7 Å². The van der Waals surface area contributed by atoms with Crippen molar-refractivity contribution in [2.45, 2.75) is 24.9 Å². The molecule has 1 fully saturated rings. The lowest BCUT2D eigenvalue weighted by Crippen LogP contribution is -2.43. The Hall–Kier alpha value is -3.44. The topological polar surface area (TPSA) is 93.2 Å². The van der Waals surface area contributed by atoms with E-state index in [9.17, 15) is 18.0 Å². The standard InChI is InChI=1S/C19H20F3N7O2/c1-27(2)18(30)28-7-5-12(6-8-28)17-25-16(26-31-17)14-9-13(19(20,21)22)3-4-15(14)29-11-23-10-24-29/h3-4,9-12H,5-8H2,1-2H3. The minimum atomic E-state index is -4.52. The first-order valence-electron chi connectivity index (χ1n) is 9.60. The Morgan fingerprint density at radius 2 is 1.97 bits per heavy atom. The molecule has 2 aromatic heterocycles. The highest BCUT2D eigenvalue weighted by atomic mass is 19.4. The number of carbonyl (C=O) groups excluding carboxylic acids is 1. The molecule has 1 saturated heterocycles. The summed E-state index contributed by atoms with van der Waals surface area (Å²) in [6.45, 7) is 1.07. The van der Waals surface area contributed by atoms with E-state index < -0.39 is 11.7 Å². The predicted octanol–water partition coefficient (Wildman–Crippen LogP) is 3.20. The normalized spacial score (nSPS) is 15.3. The number of alkyl halides is 3. The zero-order valence-corrected chi connectivity index (χ0v) is 16.9. The lowest BCUT2D eigenvalue weighted by Gasteiger charge is -2.32. The number of amides is 2. The number of hydrogen-bond donors (Lipinski definition) is 0. The van der Waals surface area contributed by atoms with Gasteiger partial charge in [-0.05, 0) is 31.0 Å². The Morgan fingerprint density at radius 3 is 2.58 bits per heavy atom. The van der Waals surface area contributed by atoms with Gasteiger partial charge in [-0.25, -0.2) is 14.5 Å². The molecule has 3 aromatic rings. The van der Waals surface area contributed by atoms with Gasteiger partial charge < -0.3 is 14.3 Å². The van der Waals surface area contributed by atoms with Crippen LogP contribution in [0.15, 0.2) is 35.4 Å². The van der Waals surface area contributed by atoms with Gasteiger partial charge in [-0.2, -0.15) is 23.3 Å². The summed E-state index contributed by atoms with van der Waals surface area (Å²) >= 11 is 0. The molecule has 9 nitrogen and oxygen atoms in total. The number of urea groups is 1. The SMILES string of the molecule is CN(C)C(=O)N1CCC(c2nc(-c3cc(C(F)(F)F)ccc3-n3cncn3)no2)CC1. The molecule has 0 saturated carbocycles. The molecule has 3 heterocycles. The minimum Gasteiger partial charge on any atom is -0.339 e. The van der Waals surface area contributed by atoms with E-state index in [4.69, 9.17) is 4.52 Å². The minimum absolute atomic E-state index is 0.0402. The van der Waals surface area contributed by atoms with Crippen molar-refractivity contribution in [2.24, 2.45) is 0 Å². The van der Waals surface area contributed by atoms with Crippen LogP contribution in [0, 0.1) is 0 Å². The molecule has 0 unspecified atom stereocenters. The summed E-state index contributed by atoms with van der Waals surface area (Å²) in [5.74, 6) is 0.306. The number of rotatable bonds is 3. The first kappa shape index (κ1) is 20.8. The van der Waals surface area contributed by atoms with Crippen molar-refractivity contribution in [2.75, 3.05) is 27.2 Å². The van der Waals surface area contributed by atoms with Crippen molar-refractivity contribution in [1.82, 2.24) is 34.7 Å². The Bertz CT molecular complexity index is 1050. The molecule has 1 aliphatic heterocycles. The molecule has 2 amide bonds. The molecule has 164 valence electrons. The van der Waals surface area contributed by atoms with E-state index in [1.54, 1.807) is 19.0 Å². The number of hydrogen-bond acceptors (Lipinski definition) is 6. The number of piperidine rings is 1. The first-order chi connectivity index (χ1) is 14.7. The van der Waals surface area contributed by atoms with E-state index >= 15 is 0 Å². The average Bonchev–Trinajstić information content (AvgIpc) is 3.44. The summed E-state index contributed by atoms with van der Waals surface area (Å²) in [4.78, 5) is 23.6. The van der Waals surface area contributed by atoms with Crippen LogP contribution in [0.25, 0.3) is 17.1 Å². The number of aromatic nitrogens is 5. The van der Waals surface area contributed by atoms with Crippen molar-refractivity contribution in [3.63, 3.8) is 0 Å². The molecule has 0 aliphatic carbocycles. The fourth-order valence-corrected chi connectivity index (χ4v) is 3.53. The van der Waals surface area contributed by atoms with Crippen LogP contribution < -0.4 is 0 Å². The van der Waals surface area contributed by atoms with E-state index in [-0.39, 0.29) is 23.3 Å². The molecule has 1 aliphatic rings. The Labute approximate surface area is 175 Å². The van der Waals surface area contributed by atoms with Gasteiger partial charge in [0.15, 0.2) is 0 Å². The molecular weight excluding hydrogens is 415 g/mol. The third-order valence-corrected chi connectivity index (χ3v) is 5.17. The quantitative estimate of drug-likeness (QED) is 0.627. The highest BCUT2D eigenvalue weighted by molar-refractivity contribution is 5.74. The summed E-state index contributed by atoms with van der Waals surface area (Å²) in [6, 6.07) is 3.18. The van der Waals surface area contributed by atoms with Crippen LogP contribution in [-0.4, -0.2) is 67.9 Å². The van der Waals surface area contributed by atoms with Crippen molar-refractivity contribution in [3.8, 4) is 17.1 Å². The van der Waals surface area contributed by atoms with E-state index in [1.807, 2.05) is 0 Å². The molecule has 0 atom stereocenters. The maximum Gasteiger partial charge on any atom is 0.416 e. The second-order valence-electron chi connectivity index (χ2n) is 7.46. The molecule has 1 aromatic carbocycles. The summed E-state index contributed by atoms with van der Waals surface area (Å²) in [7, 11) is 3.39. The summed E-state index contributed by atoms with van der Waals surface area (Å²) in [5, 5.41) is 7.93. The molecule has 0 spiro atoms. The van der Waals surface area contributed by atoms with Crippen molar-refractivity contribution < 1.29 is 22.5 Å². The van der Waals surface area contributed by atoms with Crippen LogP contribution in [0.5, 0.6) is 0 Å². The van der Waals surface area contributed by atoms with Gasteiger partial charge in [0.1, 0.15) is 12.7 Å². The fraction of sp³-hybridized carbons (Fsp3) is 0.421. The lowest BCUT2D eigenvalue weighted by molar-refractivity contribution is -0.137. The summed E-state index contributed by atoms with van der Waals surface area (Å²) in [6.07, 6.45) is -0.607. The van der Waals surface area contributed by atoms with Crippen LogP contribution >= 0.6 is 0 Å². The number of likely N-dealkylation sites (tertiary alicyclic amines) is 1. The van der Waals surface area contributed by atoms with E-state index in [1.165, 1.54) is 28.3 Å². The fourth-order valence-electron chi connectivity index (χ4n) is 3.53. The zero-order chi connectivity index (χ0) is 22.2. The van der Waals surface area contributed by atoms with Gasteiger partial charge in [0.2, 0.25) is 11.7 Å². The van der Waals surface area contributed by atoms with E-state index in [2.05, 4.69) is 20.2 Å². The van der Waals surface area contributed by atoms with Gasteiger partial charge in [0.25, 0.3) is 0 Å². The van der Waals surface area contributed by atoms with E-state index in [0.29, 0.717) is 37.5 Å². The first-order valence-corrected chi connectivity index (χ1v) is 9.60. The van der Waals surface area contributed by atoms with Crippen LogP contribution in [0.2, 0.25) is 0 Å². The molecule has 4 rings (SSSR count). The highest BCUT2D eigenvalue weighted by Gasteiger charge is 2.33. The van der Waals surface area contributed by atoms with Crippen LogP contribution in [0.4, 0.5) is 18.0 Å². The Balaban J connectivity index is 1.61. The van der Waals surface area contributed by atoms with Gasteiger partial charge in [-0.3, -0.25) is 0 Å². The summed E-state index contributed by atoms with van der Waals surface area (Å²) in [5.41, 5.74) is -0.340. The molecular formula is C19H20F3N7O2. The Kier molecular flexibility index (Phi) is 5.38. The predicted molar refractivity (Wildman–Crippen MR) is 102 cm³/mol. The third-order valence-electron chi connectivity index (χ3n) is 5.17. The molecule has 0 bridgehead atoms. The van der Waals surface area contributed by atoms with Gasteiger partial charge in [-0.1, -0.05) is 5.16 Å². The van der Waals surface area contributed by atoms with Crippen molar-refractivity contribution >= 4 is 6.03 Å². The molecule has 12 heteroatoms. The molecule has 0 N–H and O–H groups in total. The van der Waals surface area contributed by atoms with Crippen molar-refractivity contribution in [1.29, 1.82) is 0 Å². The number of nitrogens with zero attached hydrogens (tertiary/aromatic N) is 7. The lowest BCUT2D eigenvalue weighted by atomic mass is 9.97. The second kappa shape index (κ2) is 8.00. The molecule has 31 heavy (non-hydrogen) atoms. The largest absolute Gasteiger partial charge is 0.416 e. The van der Waals surface area contributed by atoms with Gasteiger partial charge in [0.05, 0.1) is 11.3 Å². The van der Waals surface area contributed by atoms with Gasteiger partial charge in [-0.15, -0.1) is 0 Å². The van der Waals surface area contributed by atoms with Gasteiger partial charge >= 0.3 is 12.2 Å². The van der Waals surface area contributed by atoms with E-state index in [0.717, 1.165) is 12.1 Å². The average molecular weight is 435 g/mol. The smallest absolute Gasteiger partial charge is 0.339 e. The van der Waals surface area contributed by atoms with Crippen LogP contribution in [0.3, 0.4) is 0 Å². The monoisotopic (exact) mass is 435 g/mol. The zero-order valence-electron chi connectivity index (χ0n) is 16.9. The number of halogens is 3. The number of benzene rings is 1. The third kappa shape index (κ3) is 4.23. The maximum absolute atomic E-state index is 13.3. The highest BCUT2D eigenvalue weighted by Crippen LogP contribution is 2.35. The van der Waals surface area contributed by atoms with Crippen molar-refractivity contribution in [3.05, 3.63) is 42.3 Å².